The summed E-state index contributed by atoms with van der Waals surface area (Å²) >= 11 is 0. The molecule has 1 fully saturated rings. The van der Waals surface area contributed by atoms with Crippen LogP contribution in [0, 0.1) is 18.7 Å². The Bertz CT molecular complexity index is 579. The number of nitrogens with two attached hydrogens (primary N) is 1. The summed E-state index contributed by atoms with van der Waals surface area (Å²) in [5.74, 6) is -0.0471. The van der Waals surface area contributed by atoms with Crippen molar-refractivity contribution in [2.75, 3.05) is 18.8 Å². The summed E-state index contributed by atoms with van der Waals surface area (Å²) in [5.41, 5.74) is 5.82. The third kappa shape index (κ3) is 2.74. The van der Waals surface area contributed by atoms with Gasteiger partial charge in [-0.05, 0) is 37.8 Å². The number of nitrogen functional groups attached to an aromatic ring is 1. The van der Waals surface area contributed by atoms with Crippen molar-refractivity contribution in [3.8, 4) is 0 Å². The minimum atomic E-state index is -3.65. The quantitative estimate of drug-likeness (QED) is 0.847. The van der Waals surface area contributed by atoms with E-state index >= 15 is 0 Å². The number of benzene rings is 1. The normalized spacial score (nSPS) is 18.7. The molecule has 0 spiro atoms. The first-order chi connectivity index (χ1) is 8.82. The minimum Gasteiger partial charge on any atom is -0.399 e. The second-order valence-electron chi connectivity index (χ2n) is 5.21. The smallest absolute Gasteiger partial charge is 0.243 e. The molecule has 19 heavy (non-hydrogen) atoms. The number of halogens is 1. The van der Waals surface area contributed by atoms with Gasteiger partial charge in [-0.2, -0.15) is 4.31 Å². The predicted octanol–water partition coefficient (Wildman–Crippen LogP) is 2.14. The molecule has 0 radical (unpaired) electrons. The molecule has 0 amide bonds. The van der Waals surface area contributed by atoms with Crippen LogP contribution in [0.2, 0.25) is 0 Å². The van der Waals surface area contributed by atoms with E-state index in [-0.39, 0.29) is 16.1 Å². The van der Waals surface area contributed by atoms with Gasteiger partial charge in [0.25, 0.3) is 0 Å². The lowest BCUT2D eigenvalue weighted by molar-refractivity contribution is 0.288. The third-order valence-corrected chi connectivity index (χ3v) is 5.70. The highest BCUT2D eigenvalue weighted by molar-refractivity contribution is 7.89. The largest absolute Gasteiger partial charge is 0.399 e. The van der Waals surface area contributed by atoms with E-state index < -0.39 is 15.8 Å². The molecule has 0 saturated carbocycles. The summed E-state index contributed by atoms with van der Waals surface area (Å²) in [6, 6.07) is 2.48. The molecular weight excluding hydrogens is 267 g/mol. The summed E-state index contributed by atoms with van der Waals surface area (Å²) in [5, 5.41) is 0. The number of hydrogen-bond acceptors (Lipinski definition) is 3. The van der Waals surface area contributed by atoms with Crippen LogP contribution >= 0.6 is 0 Å². The van der Waals surface area contributed by atoms with Crippen LogP contribution in [0.1, 0.15) is 25.3 Å². The standard InChI is InChI=1S/C13H19FN2O2S/c1-9-3-5-16(6-4-9)19(17,18)13-8-11(15)7-12(14)10(13)2/h7-9H,3-6,15H2,1-2H3. The highest BCUT2D eigenvalue weighted by atomic mass is 32.2. The fourth-order valence-corrected chi connectivity index (χ4v) is 4.04. The number of nitrogens with zero attached hydrogens (tertiary/aromatic N) is 1. The van der Waals surface area contributed by atoms with Crippen LogP contribution in [0.3, 0.4) is 0 Å². The Morgan fingerprint density at radius 1 is 1.32 bits per heavy atom. The van der Waals surface area contributed by atoms with Crippen LogP contribution in [0.4, 0.5) is 10.1 Å². The summed E-state index contributed by atoms with van der Waals surface area (Å²) in [4.78, 5) is -0.0143. The van der Waals surface area contributed by atoms with E-state index in [0.29, 0.717) is 19.0 Å². The molecule has 0 bridgehead atoms. The SMILES string of the molecule is Cc1c(F)cc(N)cc1S(=O)(=O)N1CCC(C)CC1. The van der Waals surface area contributed by atoms with Crippen molar-refractivity contribution in [2.24, 2.45) is 5.92 Å². The minimum absolute atomic E-state index is 0.0143. The molecule has 6 heteroatoms. The lowest BCUT2D eigenvalue weighted by Crippen LogP contribution is -2.38. The van der Waals surface area contributed by atoms with Gasteiger partial charge in [-0.15, -0.1) is 0 Å². The predicted molar refractivity (Wildman–Crippen MR) is 72.7 cm³/mol. The number of anilines is 1. The van der Waals surface area contributed by atoms with Crippen molar-refractivity contribution >= 4 is 15.7 Å². The maximum absolute atomic E-state index is 13.6. The average molecular weight is 286 g/mol. The summed E-state index contributed by atoms with van der Waals surface area (Å²) in [7, 11) is -3.65. The van der Waals surface area contributed by atoms with Crippen molar-refractivity contribution in [3.63, 3.8) is 0 Å². The second kappa shape index (κ2) is 5.09. The maximum Gasteiger partial charge on any atom is 0.243 e. The zero-order chi connectivity index (χ0) is 14.2. The molecule has 1 heterocycles. The van der Waals surface area contributed by atoms with E-state index in [1.807, 2.05) is 0 Å². The van der Waals surface area contributed by atoms with Gasteiger partial charge < -0.3 is 5.73 Å². The molecule has 0 unspecified atom stereocenters. The Morgan fingerprint density at radius 3 is 2.47 bits per heavy atom. The van der Waals surface area contributed by atoms with Gasteiger partial charge in [-0.25, -0.2) is 12.8 Å². The summed E-state index contributed by atoms with van der Waals surface area (Å²) in [6.07, 6.45) is 1.67. The van der Waals surface area contributed by atoms with Gasteiger partial charge in [0, 0.05) is 24.3 Å². The molecule has 1 aromatic carbocycles. The third-order valence-electron chi connectivity index (χ3n) is 3.68. The lowest BCUT2D eigenvalue weighted by Gasteiger charge is -2.30. The topological polar surface area (TPSA) is 63.4 Å². The van der Waals surface area contributed by atoms with Gasteiger partial charge in [0.1, 0.15) is 5.82 Å². The average Bonchev–Trinajstić information content (AvgIpc) is 2.34. The van der Waals surface area contributed by atoms with Crippen LogP contribution < -0.4 is 5.73 Å². The van der Waals surface area contributed by atoms with Crippen molar-refractivity contribution in [1.82, 2.24) is 4.31 Å². The van der Waals surface area contributed by atoms with Crippen molar-refractivity contribution in [3.05, 3.63) is 23.5 Å². The molecule has 1 saturated heterocycles. The first-order valence-corrected chi connectivity index (χ1v) is 7.82. The summed E-state index contributed by atoms with van der Waals surface area (Å²) in [6.45, 7) is 4.54. The van der Waals surface area contributed by atoms with Gasteiger partial charge in [0.05, 0.1) is 4.90 Å². The number of sulfonamides is 1. The van der Waals surface area contributed by atoms with Crippen LogP contribution in [0.15, 0.2) is 17.0 Å². The van der Waals surface area contributed by atoms with Gasteiger partial charge in [0.15, 0.2) is 0 Å². The van der Waals surface area contributed by atoms with Crippen molar-refractivity contribution in [1.29, 1.82) is 0 Å². The van der Waals surface area contributed by atoms with Gasteiger partial charge >= 0.3 is 0 Å². The molecule has 1 aromatic rings. The molecule has 4 nitrogen and oxygen atoms in total. The molecule has 1 aliphatic rings. The molecule has 0 atom stereocenters. The Kier molecular flexibility index (Phi) is 3.82. The highest BCUT2D eigenvalue weighted by Crippen LogP contribution is 2.28. The van der Waals surface area contributed by atoms with E-state index in [0.717, 1.165) is 18.9 Å². The molecule has 1 aliphatic heterocycles. The summed E-state index contributed by atoms with van der Waals surface area (Å²) < 4.78 is 40.1. The number of hydrogen-bond donors (Lipinski definition) is 1. The molecule has 2 N–H and O–H groups in total. The molecule has 2 rings (SSSR count). The first kappa shape index (κ1) is 14.3. The molecule has 106 valence electrons. The second-order valence-corrected chi connectivity index (χ2v) is 7.12. The Labute approximate surface area is 113 Å². The Morgan fingerprint density at radius 2 is 1.89 bits per heavy atom. The lowest BCUT2D eigenvalue weighted by atomic mass is 10.0. The zero-order valence-corrected chi connectivity index (χ0v) is 12.0. The van der Waals surface area contributed by atoms with Gasteiger partial charge in [-0.3, -0.25) is 0 Å². The number of rotatable bonds is 2. The number of piperidine rings is 1. The van der Waals surface area contributed by atoms with Crippen molar-refractivity contribution in [2.45, 2.75) is 31.6 Å². The van der Waals surface area contributed by atoms with Gasteiger partial charge in [-0.1, -0.05) is 6.92 Å². The maximum atomic E-state index is 13.6. The van der Waals surface area contributed by atoms with E-state index in [2.05, 4.69) is 6.92 Å². The van der Waals surface area contributed by atoms with E-state index in [4.69, 9.17) is 5.73 Å². The molecule has 0 aliphatic carbocycles. The molecular formula is C13H19FN2O2S. The van der Waals surface area contributed by atoms with E-state index in [1.54, 1.807) is 0 Å². The first-order valence-electron chi connectivity index (χ1n) is 6.38. The van der Waals surface area contributed by atoms with E-state index in [1.165, 1.54) is 17.3 Å². The Hall–Kier alpha value is -1.14. The Balaban J connectivity index is 2.40. The highest BCUT2D eigenvalue weighted by Gasteiger charge is 2.30. The van der Waals surface area contributed by atoms with Crippen LogP contribution in [0.25, 0.3) is 0 Å². The van der Waals surface area contributed by atoms with E-state index in [9.17, 15) is 12.8 Å². The van der Waals surface area contributed by atoms with Crippen LogP contribution in [-0.2, 0) is 10.0 Å². The monoisotopic (exact) mass is 286 g/mol. The molecule has 0 aromatic heterocycles. The van der Waals surface area contributed by atoms with Gasteiger partial charge in [0.2, 0.25) is 10.0 Å². The van der Waals surface area contributed by atoms with Crippen LogP contribution in [-0.4, -0.2) is 25.8 Å². The van der Waals surface area contributed by atoms with Crippen LogP contribution in [0.5, 0.6) is 0 Å². The van der Waals surface area contributed by atoms with Crippen molar-refractivity contribution < 1.29 is 12.8 Å². The zero-order valence-electron chi connectivity index (χ0n) is 11.2. The fraction of sp³-hybridized carbons (Fsp3) is 0.538. The fourth-order valence-electron chi connectivity index (χ4n) is 2.31.